The summed E-state index contributed by atoms with van der Waals surface area (Å²) in [5, 5.41) is 4.92. The molecule has 6 heteroatoms. The van der Waals surface area contributed by atoms with E-state index in [0.29, 0.717) is 17.4 Å². The molecule has 4 heterocycles. The van der Waals surface area contributed by atoms with Crippen LogP contribution in [-0.2, 0) is 6.54 Å². The van der Waals surface area contributed by atoms with Crippen molar-refractivity contribution >= 4 is 33.5 Å². The van der Waals surface area contributed by atoms with Gasteiger partial charge in [-0.2, -0.15) is 0 Å². The molecule has 0 spiro atoms. The molecule has 3 aromatic heterocycles. The van der Waals surface area contributed by atoms with Gasteiger partial charge in [0.1, 0.15) is 5.82 Å². The summed E-state index contributed by atoms with van der Waals surface area (Å²) in [4.78, 5) is 27.6. The SMILES string of the molecule is Cc1ccc2cc(C(=O)Nc3cc4[nH]c(CN5CCC[C@@H]5C)cc4cn3)ccc2n1. The Balaban J connectivity index is 1.34. The van der Waals surface area contributed by atoms with Gasteiger partial charge in [0.2, 0.25) is 0 Å². The van der Waals surface area contributed by atoms with E-state index in [4.69, 9.17) is 0 Å². The van der Waals surface area contributed by atoms with Gasteiger partial charge in [-0.15, -0.1) is 0 Å². The third-order valence-electron chi connectivity index (χ3n) is 5.96. The van der Waals surface area contributed by atoms with E-state index in [9.17, 15) is 4.79 Å². The summed E-state index contributed by atoms with van der Waals surface area (Å²) in [6.07, 6.45) is 4.34. The fourth-order valence-corrected chi connectivity index (χ4v) is 4.24. The first-order valence-corrected chi connectivity index (χ1v) is 10.5. The number of benzene rings is 1. The van der Waals surface area contributed by atoms with Crippen LogP contribution >= 0.6 is 0 Å². The zero-order valence-electron chi connectivity index (χ0n) is 17.3. The van der Waals surface area contributed by atoms with Crippen molar-refractivity contribution in [1.82, 2.24) is 19.9 Å². The van der Waals surface area contributed by atoms with Gasteiger partial charge in [0.25, 0.3) is 5.91 Å². The van der Waals surface area contributed by atoms with Gasteiger partial charge < -0.3 is 10.3 Å². The maximum atomic E-state index is 12.7. The number of amides is 1. The Labute approximate surface area is 175 Å². The highest BCUT2D eigenvalue weighted by molar-refractivity contribution is 6.06. The number of fused-ring (bicyclic) bond motifs is 2. The Morgan fingerprint density at radius 2 is 2.10 bits per heavy atom. The van der Waals surface area contributed by atoms with Crippen molar-refractivity contribution in [3.05, 3.63) is 65.6 Å². The van der Waals surface area contributed by atoms with E-state index in [1.54, 1.807) is 6.07 Å². The van der Waals surface area contributed by atoms with E-state index >= 15 is 0 Å². The molecule has 1 saturated heterocycles. The maximum absolute atomic E-state index is 12.7. The van der Waals surface area contributed by atoms with Crippen LogP contribution in [0.4, 0.5) is 5.82 Å². The number of carbonyl (C=O) groups excluding carboxylic acids is 1. The van der Waals surface area contributed by atoms with Crippen molar-refractivity contribution < 1.29 is 4.79 Å². The molecule has 30 heavy (non-hydrogen) atoms. The van der Waals surface area contributed by atoms with Gasteiger partial charge >= 0.3 is 0 Å². The number of aryl methyl sites for hydroxylation is 1. The standard InChI is InChI=1S/C24H25N5O/c1-15-5-6-17-10-18(7-8-21(17)26-15)24(30)28-23-12-22-19(13-25-23)11-20(27-22)14-29-9-3-4-16(29)2/h5-8,10-13,16,27H,3-4,9,14H2,1-2H3,(H,25,28,30)/t16-/m0/s1. The monoisotopic (exact) mass is 399 g/mol. The second-order valence-corrected chi connectivity index (χ2v) is 8.23. The molecular weight excluding hydrogens is 374 g/mol. The molecule has 4 aromatic rings. The van der Waals surface area contributed by atoms with Gasteiger partial charge in [-0.25, -0.2) is 4.98 Å². The number of hydrogen-bond donors (Lipinski definition) is 2. The first-order chi connectivity index (χ1) is 14.5. The summed E-state index contributed by atoms with van der Waals surface area (Å²) in [5.41, 5.74) is 4.60. The number of nitrogens with one attached hydrogen (secondary N) is 2. The van der Waals surface area contributed by atoms with Crippen LogP contribution in [0.1, 0.15) is 41.5 Å². The van der Waals surface area contributed by atoms with Crippen molar-refractivity contribution in [2.45, 2.75) is 39.3 Å². The Morgan fingerprint density at radius 3 is 2.93 bits per heavy atom. The number of carbonyl (C=O) groups is 1. The lowest BCUT2D eigenvalue weighted by atomic mass is 10.1. The lowest BCUT2D eigenvalue weighted by Crippen LogP contribution is -2.26. The zero-order valence-corrected chi connectivity index (χ0v) is 17.3. The normalized spacial score (nSPS) is 17.1. The molecule has 0 aliphatic carbocycles. The third kappa shape index (κ3) is 3.66. The maximum Gasteiger partial charge on any atom is 0.256 e. The molecule has 1 amide bonds. The van der Waals surface area contributed by atoms with E-state index in [1.165, 1.54) is 18.5 Å². The Morgan fingerprint density at radius 1 is 1.20 bits per heavy atom. The van der Waals surface area contributed by atoms with E-state index in [-0.39, 0.29) is 5.91 Å². The van der Waals surface area contributed by atoms with Crippen molar-refractivity contribution in [3.63, 3.8) is 0 Å². The van der Waals surface area contributed by atoms with Crippen LogP contribution in [0.25, 0.3) is 21.8 Å². The highest BCUT2D eigenvalue weighted by atomic mass is 16.1. The summed E-state index contributed by atoms with van der Waals surface area (Å²) in [5.74, 6) is 0.361. The first kappa shape index (κ1) is 18.8. The summed E-state index contributed by atoms with van der Waals surface area (Å²) in [6.45, 7) is 6.31. The molecule has 2 N–H and O–H groups in total. The number of pyridine rings is 2. The number of nitrogens with zero attached hydrogens (tertiary/aromatic N) is 3. The van der Waals surface area contributed by atoms with Crippen LogP contribution < -0.4 is 5.32 Å². The van der Waals surface area contributed by atoms with Crippen LogP contribution in [0.15, 0.2) is 48.7 Å². The fourth-order valence-electron chi connectivity index (χ4n) is 4.24. The van der Waals surface area contributed by atoms with Gasteiger partial charge in [-0.05, 0) is 63.6 Å². The number of H-pyrrole nitrogens is 1. The van der Waals surface area contributed by atoms with Crippen LogP contribution in [0.2, 0.25) is 0 Å². The molecule has 0 bridgehead atoms. The average molecular weight is 399 g/mol. The molecule has 1 aliphatic rings. The molecule has 1 aliphatic heterocycles. The molecule has 6 nitrogen and oxygen atoms in total. The Hall–Kier alpha value is -3.25. The van der Waals surface area contributed by atoms with Crippen molar-refractivity contribution in [2.75, 3.05) is 11.9 Å². The highest BCUT2D eigenvalue weighted by Gasteiger charge is 2.20. The molecule has 152 valence electrons. The van der Waals surface area contributed by atoms with Crippen molar-refractivity contribution in [2.24, 2.45) is 0 Å². The summed E-state index contributed by atoms with van der Waals surface area (Å²) < 4.78 is 0. The fraction of sp³-hybridized carbons (Fsp3) is 0.292. The lowest BCUT2D eigenvalue weighted by Gasteiger charge is -2.19. The van der Waals surface area contributed by atoms with Gasteiger partial charge in [0.15, 0.2) is 0 Å². The highest BCUT2D eigenvalue weighted by Crippen LogP contribution is 2.23. The minimum atomic E-state index is -0.179. The molecule has 0 unspecified atom stereocenters. The molecule has 1 aromatic carbocycles. The summed E-state index contributed by atoms with van der Waals surface area (Å²) in [6, 6.07) is 14.2. The number of anilines is 1. The minimum absolute atomic E-state index is 0.179. The number of likely N-dealkylation sites (tertiary alicyclic amines) is 1. The Kier molecular flexibility index (Phi) is 4.71. The van der Waals surface area contributed by atoms with Crippen LogP contribution in [0.3, 0.4) is 0 Å². The second kappa shape index (κ2) is 7.54. The smallest absolute Gasteiger partial charge is 0.256 e. The zero-order chi connectivity index (χ0) is 20.7. The van der Waals surface area contributed by atoms with Crippen LogP contribution in [-0.4, -0.2) is 38.3 Å². The predicted octanol–water partition coefficient (Wildman–Crippen LogP) is 4.66. The van der Waals surface area contributed by atoms with Crippen LogP contribution in [0.5, 0.6) is 0 Å². The van der Waals surface area contributed by atoms with Crippen molar-refractivity contribution in [3.8, 4) is 0 Å². The average Bonchev–Trinajstić information content (AvgIpc) is 3.32. The van der Waals surface area contributed by atoms with E-state index < -0.39 is 0 Å². The number of hydrogen-bond acceptors (Lipinski definition) is 4. The Bertz CT molecular complexity index is 1250. The van der Waals surface area contributed by atoms with Gasteiger partial charge in [0, 0.05) is 52.6 Å². The number of aromatic amines is 1. The largest absolute Gasteiger partial charge is 0.357 e. The molecular formula is C24H25N5O. The van der Waals surface area contributed by atoms with E-state index in [1.807, 2.05) is 43.5 Å². The quantitative estimate of drug-likeness (QED) is 0.524. The molecule has 1 atom stereocenters. The molecule has 0 saturated carbocycles. The third-order valence-corrected chi connectivity index (χ3v) is 5.96. The molecule has 5 rings (SSSR count). The summed E-state index contributed by atoms with van der Waals surface area (Å²) in [7, 11) is 0. The van der Waals surface area contributed by atoms with Gasteiger partial charge in [-0.1, -0.05) is 6.07 Å². The second-order valence-electron chi connectivity index (χ2n) is 8.23. The molecule has 1 fully saturated rings. The number of rotatable bonds is 4. The predicted molar refractivity (Wildman–Crippen MR) is 120 cm³/mol. The van der Waals surface area contributed by atoms with E-state index in [2.05, 4.69) is 38.2 Å². The van der Waals surface area contributed by atoms with Crippen LogP contribution in [0, 0.1) is 6.92 Å². The molecule has 0 radical (unpaired) electrons. The van der Waals surface area contributed by atoms with Gasteiger partial charge in [0.05, 0.1) is 11.0 Å². The topological polar surface area (TPSA) is 73.9 Å². The lowest BCUT2D eigenvalue weighted by molar-refractivity contribution is 0.102. The number of aromatic nitrogens is 3. The first-order valence-electron chi connectivity index (χ1n) is 10.5. The van der Waals surface area contributed by atoms with Crippen molar-refractivity contribution in [1.29, 1.82) is 0 Å². The minimum Gasteiger partial charge on any atom is -0.357 e. The summed E-state index contributed by atoms with van der Waals surface area (Å²) >= 11 is 0. The van der Waals surface area contributed by atoms with Gasteiger partial charge in [-0.3, -0.25) is 14.7 Å². The van der Waals surface area contributed by atoms with E-state index in [0.717, 1.165) is 40.6 Å².